The van der Waals surface area contributed by atoms with Gasteiger partial charge in [-0.25, -0.2) is 5.43 Å². The van der Waals surface area contributed by atoms with Crippen LogP contribution in [0.25, 0.3) is 0 Å². The number of nitrogens with zero attached hydrogens (tertiary/aromatic N) is 2. The number of aromatic nitrogens is 1. The Morgan fingerprint density at radius 3 is 2.60 bits per heavy atom. The number of hydrogen-bond donors (Lipinski definition) is 2. The van der Waals surface area contributed by atoms with Crippen molar-refractivity contribution in [2.45, 2.75) is 6.92 Å². The molecule has 5 nitrogen and oxygen atoms in total. The Morgan fingerprint density at radius 2 is 1.90 bits per heavy atom. The Labute approximate surface area is 117 Å². The molecule has 0 unspecified atom stereocenters. The van der Waals surface area contributed by atoms with E-state index in [0.717, 1.165) is 11.4 Å². The van der Waals surface area contributed by atoms with Gasteiger partial charge in [0.2, 0.25) is 0 Å². The lowest BCUT2D eigenvalue weighted by atomic mass is 10.3. The number of anilines is 1. The molecule has 1 amide bonds. The SMILES string of the molecule is C/C(=N\NC(=O)CNc1ccccc1)c1ccccn1. The Bertz CT molecular complexity index is 581. The quantitative estimate of drug-likeness (QED) is 0.644. The summed E-state index contributed by atoms with van der Waals surface area (Å²) in [5.41, 5.74) is 4.80. The average Bonchev–Trinajstić information content (AvgIpc) is 2.52. The molecule has 20 heavy (non-hydrogen) atoms. The van der Waals surface area contributed by atoms with E-state index < -0.39 is 0 Å². The van der Waals surface area contributed by atoms with Crippen LogP contribution in [0.15, 0.2) is 59.8 Å². The molecule has 1 aromatic carbocycles. The normalized spacial score (nSPS) is 10.9. The Morgan fingerprint density at radius 1 is 1.15 bits per heavy atom. The molecular weight excluding hydrogens is 252 g/mol. The summed E-state index contributed by atoms with van der Waals surface area (Å²) >= 11 is 0. The first-order valence-electron chi connectivity index (χ1n) is 6.29. The van der Waals surface area contributed by atoms with Crippen LogP contribution in [0.4, 0.5) is 5.69 Å². The van der Waals surface area contributed by atoms with Crippen molar-refractivity contribution in [1.29, 1.82) is 0 Å². The molecule has 0 saturated heterocycles. The van der Waals surface area contributed by atoms with E-state index in [1.807, 2.05) is 48.5 Å². The first-order valence-corrected chi connectivity index (χ1v) is 6.29. The smallest absolute Gasteiger partial charge is 0.259 e. The van der Waals surface area contributed by atoms with E-state index in [2.05, 4.69) is 20.8 Å². The zero-order chi connectivity index (χ0) is 14.2. The topological polar surface area (TPSA) is 66.4 Å². The molecule has 0 spiro atoms. The third-order valence-corrected chi connectivity index (χ3v) is 2.61. The van der Waals surface area contributed by atoms with Gasteiger partial charge in [-0.1, -0.05) is 24.3 Å². The van der Waals surface area contributed by atoms with Crippen molar-refractivity contribution >= 4 is 17.3 Å². The van der Waals surface area contributed by atoms with Gasteiger partial charge in [0.05, 0.1) is 18.0 Å². The lowest BCUT2D eigenvalue weighted by Gasteiger charge is -2.05. The van der Waals surface area contributed by atoms with Gasteiger partial charge in [-0.3, -0.25) is 9.78 Å². The Balaban J connectivity index is 1.83. The number of amides is 1. The second-order valence-corrected chi connectivity index (χ2v) is 4.17. The van der Waals surface area contributed by atoms with Gasteiger partial charge in [0, 0.05) is 11.9 Å². The van der Waals surface area contributed by atoms with Gasteiger partial charge in [0.15, 0.2) is 0 Å². The highest BCUT2D eigenvalue weighted by atomic mass is 16.2. The van der Waals surface area contributed by atoms with Crippen molar-refractivity contribution in [3.63, 3.8) is 0 Å². The number of rotatable bonds is 5. The van der Waals surface area contributed by atoms with Crippen LogP contribution < -0.4 is 10.7 Å². The van der Waals surface area contributed by atoms with E-state index in [0.29, 0.717) is 5.71 Å². The summed E-state index contributed by atoms with van der Waals surface area (Å²) in [6.45, 7) is 1.97. The molecule has 0 atom stereocenters. The molecule has 0 aliphatic rings. The molecule has 1 heterocycles. The van der Waals surface area contributed by atoms with Crippen molar-refractivity contribution in [1.82, 2.24) is 10.4 Å². The average molecular weight is 268 g/mol. The lowest BCUT2D eigenvalue weighted by Crippen LogP contribution is -2.26. The molecule has 0 saturated carbocycles. The molecule has 0 fully saturated rings. The predicted octanol–water partition coefficient (Wildman–Crippen LogP) is 2.03. The zero-order valence-electron chi connectivity index (χ0n) is 11.2. The number of benzene rings is 1. The van der Waals surface area contributed by atoms with Crippen molar-refractivity contribution in [3.8, 4) is 0 Å². The van der Waals surface area contributed by atoms with Gasteiger partial charge in [-0.15, -0.1) is 0 Å². The van der Waals surface area contributed by atoms with E-state index in [4.69, 9.17) is 0 Å². The molecule has 0 bridgehead atoms. The van der Waals surface area contributed by atoms with Crippen LogP contribution in [0.3, 0.4) is 0 Å². The number of carbonyl (C=O) groups excluding carboxylic acids is 1. The van der Waals surface area contributed by atoms with E-state index in [9.17, 15) is 4.79 Å². The maximum absolute atomic E-state index is 11.7. The number of para-hydroxylation sites is 1. The largest absolute Gasteiger partial charge is 0.376 e. The molecule has 1 aromatic heterocycles. The van der Waals surface area contributed by atoms with Crippen LogP contribution in [0.5, 0.6) is 0 Å². The number of pyridine rings is 1. The van der Waals surface area contributed by atoms with Crippen LogP contribution >= 0.6 is 0 Å². The summed E-state index contributed by atoms with van der Waals surface area (Å²) < 4.78 is 0. The van der Waals surface area contributed by atoms with Gasteiger partial charge in [-0.2, -0.15) is 5.10 Å². The third kappa shape index (κ3) is 4.20. The lowest BCUT2D eigenvalue weighted by molar-refractivity contribution is -0.119. The number of carbonyl (C=O) groups is 1. The van der Waals surface area contributed by atoms with Crippen LogP contribution in [0, 0.1) is 0 Å². The second kappa shape index (κ2) is 7.04. The van der Waals surface area contributed by atoms with E-state index in [-0.39, 0.29) is 12.5 Å². The van der Waals surface area contributed by atoms with Crippen LogP contribution in [0.1, 0.15) is 12.6 Å². The van der Waals surface area contributed by atoms with E-state index in [1.54, 1.807) is 13.1 Å². The predicted molar refractivity (Wildman–Crippen MR) is 79.5 cm³/mol. The highest BCUT2D eigenvalue weighted by molar-refractivity contribution is 5.97. The van der Waals surface area contributed by atoms with E-state index in [1.165, 1.54) is 0 Å². The van der Waals surface area contributed by atoms with Crippen LogP contribution in [-0.2, 0) is 4.79 Å². The summed E-state index contributed by atoms with van der Waals surface area (Å²) in [7, 11) is 0. The minimum Gasteiger partial charge on any atom is -0.376 e. The fourth-order valence-corrected chi connectivity index (χ4v) is 1.56. The maximum atomic E-state index is 11.7. The molecular formula is C15H16N4O. The van der Waals surface area contributed by atoms with E-state index >= 15 is 0 Å². The molecule has 0 radical (unpaired) electrons. The standard InChI is InChI=1S/C15H16N4O/c1-12(14-9-5-6-10-16-14)18-19-15(20)11-17-13-7-3-2-4-8-13/h2-10,17H,11H2,1H3,(H,19,20)/b18-12+. The summed E-state index contributed by atoms with van der Waals surface area (Å²) in [5, 5.41) is 7.03. The molecule has 2 aromatic rings. The first-order chi connectivity index (χ1) is 9.75. The highest BCUT2D eigenvalue weighted by Gasteiger charge is 2.01. The Hall–Kier alpha value is -2.69. The molecule has 102 valence electrons. The van der Waals surface area contributed by atoms with Gasteiger partial charge >= 0.3 is 0 Å². The summed E-state index contributed by atoms with van der Waals surface area (Å²) in [6.07, 6.45) is 1.69. The Kier molecular flexibility index (Phi) is 4.83. The zero-order valence-corrected chi connectivity index (χ0v) is 11.2. The highest BCUT2D eigenvalue weighted by Crippen LogP contribution is 2.03. The van der Waals surface area contributed by atoms with Crippen LogP contribution in [-0.4, -0.2) is 23.1 Å². The number of hydrazone groups is 1. The van der Waals surface area contributed by atoms with Gasteiger partial charge in [0.1, 0.15) is 0 Å². The first kappa shape index (κ1) is 13.7. The molecule has 0 aliphatic carbocycles. The van der Waals surface area contributed by atoms with Crippen molar-refractivity contribution < 1.29 is 4.79 Å². The number of hydrogen-bond acceptors (Lipinski definition) is 4. The maximum Gasteiger partial charge on any atom is 0.259 e. The summed E-state index contributed by atoms with van der Waals surface area (Å²) in [6, 6.07) is 15.1. The number of nitrogens with one attached hydrogen (secondary N) is 2. The molecule has 2 rings (SSSR count). The minimum absolute atomic E-state index is 0.170. The van der Waals surface area contributed by atoms with Crippen molar-refractivity contribution in [2.75, 3.05) is 11.9 Å². The second-order valence-electron chi connectivity index (χ2n) is 4.17. The fraction of sp³-hybridized carbons (Fsp3) is 0.133. The molecule has 2 N–H and O–H groups in total. The fourth-order valence-electron chi connectivity index (χ4n) is 1.56. The van der Waals surface area contributed by atoms with Crippen LogP contribution in [0.2, 0.25) is 0 Å². The van der Waals surface area contributed by atoms with Crippen molar-refractivity contribution in [2.24, 2.45) is 5.10 Å². The van der Waals surface area contributed by atoms with Crippen molar-refractivity contribution in [3.05, 3.63) is 60.4 Å². The minimum atomic E-state index is -0.205. The summed E-state index contributed by atoms with van der Waals surface area (Å²) in [4.78, 5) is 15.8. The van der Waals surface area contributed by atoms with Gasteiger partial charge < -0.3 is 5.32 Å². The third-order valence-electron chi connectivity index (χ3n) is 2.61. The van der Waals surface area contributed by atoms with Gasteiger partial charge in [0.25, 0.3) is 5.91 Å². The van der Waals surface area contributed by atoms with Gasteiger partial charge in [-0.05, 0) is 31.2 Å². The monoisotopic (exact) mass is 268 g/mol. The summed E-state index contributed by atoms with van der Waals surface area (Å²) in [5.74, 6) is -0.205. The molecule has 5 heteroatoms. The molecule has 0 aliphatic heterocycles.